The maximum Gasteiger partial charge on any atom is 0.230 e. The normalized spacial score (nSPS) is 12.2. The Balaban J connectivity index is 2.19. The van der Waals surface area contributed by atoms with Crippen LogP contribution in [-0.2, 0) is 4.79 Å². The Morgan fingerprint density at radius 2 is 2.11 bits per heavy atom. The topological polar surface area (TPSA) is 49.3 Å². The molecular weight excluding hydrogens is 253 g/mol. The molecule has 100 valence electrons. The zero-order valence-corrected chi connectivity index (χ0v) is 11.2. The minimum atomic E-state index is -0.352. The molecule has 18 heavy (non-hydrogen) atoms. The molecule has 1 atom stereocenters. The molecule has 0 radical (unpaired) electrons. The van der Waals surface area contributed by atoms with Gasteiger partial charge in [0.15, 0.2) is 0 Å². The maximum atomic E-state index is 12.6. The Labute approximate surface area is 111 Å². The summed E-state index contributed by atoms with van der Waals surface area (Å²) in [5.41, 5.74) is 0. The van der Waals surface area contributed by atoms with Crippen molar-refractivity contribution in [2.24, 2.45) is 0 Å². The molecule has 0 heterocycles. The number of carbonyl (C=O) groups excluding carboxylic acids is 1. The summed E-state index contributed by atoms with van der Waals surface area (Å²) in [6.45, 7) is 2.38. The van der Waals surface area contributed by atoms with E-state index in [0.717, 1.165) is 4.90 Å². The zero-order chi connectivity index (χ0) is 13.4. The first-order chi connectivity index (χ1) is 8.61. The molecule has 1 unspecified atom stereocenters. The van der Waals surface area contributed by atoms with E-state index in [-0.39, 0.29) is 17.8 Å². The third-order valence-corrected chi connectivity index (χ3v) is 3.47. The Kier molecular flexibility index (Phi) is 6.75. The number of carbonyl (C=O) groups is 1. The van der Waals surface area contributed by atoms with Crippen LogP contribution in [0.5, 0.6) is 0 Å². The Bertz CT molecular complexity index is 370. The van der Waals surface area contributed by atoms with Gasteiger partial charge in [0, 0.05) is 11.4 Å². The second kappa shape index (κ2) is 8.11. The second-order valence-corrected chi connectivity index (χ2v) is 4.99. The van der Waals surface area contributed by atoms with E-state index in [2.05, 4.69) is 5.32 Å². The standard InChI is InChI=1S/C13H18FNO2S/c1-2-11(16)7-8-15-13(17)9-18-12-5-3-10(14)4-6-12/h3-6,11,16H,2,7-9H2,1H3,(H,15,17). The molecule has 2 N–H and O–H groups in total. The molecule has 0 saturated heterocycles. The maximum absolute atomic E-state index is 12.6. The molecule has 0 aromatic heterocycles. The SMILES string of the molecule is CCC(O)CCNC(=O)CSc1ccc(F)cc1. The summed E-state index contributed by atoms with van der Waals surface area (Å²) in [5.74, 6) is -0.0570. The summed E-state index contributed by atoms with van der Waals surface area (Å²) in [6.07, 6.45) is 0.916. The highest BCUT2D eigenvalue weighted by molar-refractivity contribution is 8.00. The highest BCUT2D eigenvalue weighted by Gasteiger charge is 2.04. The second-order valence-electron chi connectivity index (χ2n) is 3.94. The number of nitrogens with one attached hydrogen (secondary N) is 1. The number of aliphatic hydroxyl groups is 1. The molecule has 0 saturated carbocycles. The molecule has 1 amide bonds. The van der Waals surface area contributed by atoms with Gasteiger partial charge in [-0.15, -0.1) is 11.8 Å². The molecule has 5 heteroatoms. The lowest BCUT2D eigenvalue weighted by atomic mass is 10.2. The van der Waals surface area contributed by atoms with Gasteiger partial charge in [-0.1, -0.05) is 6.92 Å². The Morgan fingerprint density at radius 1 is 1.44 bits per heavy atom. The first kappa shape index (κ1) is 15.0. The van der Waals surface area contributed by atoms with Crippen LogP contribution >= 0.6 is 11.8 Å². The first-order valence-electron chi connectivity index (χ1n) is 5.95. The average molecular weight is 271 g/mol. The number of hydrogen-bond acceptors (Lipinski definition) is 3. The van der Waals surface area contributed by atoms with Crippen LogP contribution in [0.1, 0.15) is 19.8 Å². The van der Waals surface area contributed by atoms with E-state index in [0.29, 0.717) is 25.1 Å². The fourth-order valence-electron chi connectivity index (χ4n) is 1.31. The van der Waals surface area contributed by atoms with Crippen molar-refractivity contribution in [3.05, 3.63) is 30.1 Å². The van der Waals surface area contributed by atoms with Crippen LogP contribution in [-0.4, -0.2) is 29.4 Å². The zero-order valence-electron chi connectivity index (χ0n) is 10.4. The van der Waals surface area contributed by atoms with Crippen molar-refractivity contribution in [3.63, 3.8) is 0 Å². The predicted octanol–water partition coefficient (Wildman–Crippen LogP) is 2.20. The highest BCUT2D eigenvalue weighted by Crippen LogP contribution is 2.17. The van der Waals surface area contributed by atoms with Gasteiger partial charge in [0.2, 0.25) is 5.91 Å². The van der Waals surface area contributed by atoms with Crippen LogP contribution in [0, 0.1) is 5.82 Å². The van der Waals surface area contributed by atoms with Crippen molar-refractivity contribution in [1.82, 2.24) is 5.32 Å². The van der Waals surface area contributed by atoms with Gasteiger partial charge in [-0.3, -0.25) is 4.79 Å². The number of hydrogen-bond donors (Lipinski definition) is 2. The first-order valence-corrected chi connectivity index (χ1v) is 6.93. The van der Waals surface area contributed by atoms with Crippen LogP contribution < -0.4 is 5.32 Å². The highest BCUT2D eigenvalue weighted by atomic mass is 32.2. The smallest absolute Gasteiger partial charge is 0.230 e. The molecule has 0 aliphatic carbocycles. The fourth-order valence-corrected chi connectivity index (χ4v) is 2.04. The lowest BCUT2D eigenvalue weighted by Crippen LogP contribution is -2.28. The van der Waals surface area contributed by atoms with Crippen LogP contribution in [0.4, 0.5) is 4.39 Å². The Morgan fingerprint density at radius 3 is 2.72 bits per heavy atom. The lowest BCUT2D eigenvalue weighted by molar-refractivity contribution is -0.118. The van der Waals surface area contributed by atoms with Gasteiger partial charge in [0.1, 0.15) is 5.82 Å². The molecule has 0 spiro atoms. The third kappa shape index (κ3) is 6.02. The fraction of sp³-hybridized carbons (Fsp3) is 0.462. The van der Waals surface area contributed by atoms with E-state index in [9.17, 15) is 14.3 Å². The molecular formula is C13H18FNO2S. The minimum absolute atomic E-state index is 0.0763. The van der Waals surface area contributed by atoms with Gasteiger partial charge < -0.3 is 10.4 Å². The molecule has 1 aromatic carbocycles. The summed E-state index contributed by atoms with van der Waals surface area (Å²) in [6, 6.07) is 6.04. The van der Waals surface area contributed by atoms with Crippen molar-refractivity contribution >= 4 is 17.7 Å². The van der Waals surface area contributed by atoms with E-state index in [1.807, 2.05) is 6.92 Å². The van der Waals surface area contributed by atoms with Crippen molar-refractivity contribution in [2.75, 3.05) is 12.3 Å². The number of rotatable bonds is 7. The predicted molar refractivity (Wildman–Crippen MR) is 71.0 cm³/mol. The third-order valence-electron chi connectivity index (χ3n) is 2.45. The summed E-state index contributed by atoms with van der Waals surface area (Å²) in [5, 5.41) is 12.0. The van der Waals surface area contributed by atoms with E-state index >= 15 is 0 Å². The summed E-state index contributed by atoms with van der Waals surface area (Å²) >= 11 is 1.36. The van der Waals surface area contributed by atoms with E-state index in [1.54, 1.807) is 12.1 Å². The van der Waals surface area contributed by atoms with Crippen LogP contribution in [0.2, 0.25) is 0 Å². The monoisotopic (exact) mass is 271 g/mol. The number of aliphatic hydroxyl groups excluding tert-OH is 1. The van der Waals surface area contributed by atoms with E-state index in [4.69, 9.17) is 0 Å². The molecule has 1 rings (SSSR count). The van der Waals surface area contributed by atoms with Gasteiger partial charge in [0.25, 0.3) is 0 Å². The van der Waals surface area contributed by atoms with Crippen molar-refractivity contribution < 1.29 is 14.3 Å². The average Bonchev–Trinajstić information content (AvgIpc) is 2.38. The van der Waals surface area contributed by atoms with Crippen molar-refractivity contribution in [1.29, 1.82) is 0 Å². The Hall–Kier alpha value is -1.07. The molecule has 3 nitrogen and oxygen atoms in total. The number of thioether (sulfide) groups is 1. The molecule has 0 bridgehead atoms. The molecule has 0 aliphatic rings. The van der Waals surface area contributed by atoms with Crippen LogP contribution in [0.3, 0.4) is 0 Å². The number of amides is 1. The van der Waals surface area contributed by atoms with Crippen LogP contribution in [0.15, 0.2) is 29.2 Å². The van der Waals surface area contributed by atoms with Gasteiger partial charge in [-0.05, 0) is 37.1 Å². The largest absolute Gasteiger partial charge is 0.393 e. The molecule has 0 aliphatic heterocycles. The van der Waals surface area contributed by atoms with Gasteiger partial charge in [0.05, 0.1) is 11.9 Å². The molecule has 1 aromatic rings. The lowest BCUT2D eigenvalue weighted by Gasteiger charge is -2.08. The van der Waals surface area contributed by atoms with E-state index < -0.39 is 0 Å². The summed E-state index contributed by atoms with van der Waals surface area (Å²) < 4.78 is 12.6. The van der Waals surface area contributed by atoms with Gasteiger partial charge in [-0.25, -0.2) is 4.39 Å². The van der Waals surface area contributed by atoms with E-state index in [1.165, 1.54) is 23.9 Å². The van der Waals surface area contributed by atoms with Crippen LogP contribution in [0.25, 0.3) is 0 Å². The number of halogens is 1. The number of benzene rings is 1. The van der Waals surface area contributed by atoms with Gasteiger partial charge >= 0.3 is 0 Å². The molecule has 0 fully saturated rings. The van der Waals surface area contributed by atoms with Crippen molar-refractivity contribution in [3.8, 4) is 0 Å². The van der Waals surface area contributed by atoms with Gasteiger partial charge in [-0.2, -0.15) is 0 Å². The summed E-state index contributed by atoms with van der Waals surface area (Å²) in [7, 11) is 0. The van der Waals surface area contributed by atoms with Crippen molar-refractivity contribution in [2.45, 2.75) is 30.8 Å². The summed E-state index contributed by atoms with van der Waals surface area (Å²) in [4.78, 5) is 12.3. The quantitative estimate of drug-likeness (QED) is 0.747. The minimum Gasteiger partial charge on any atom is -0.393 e.